The molecule has 32 nitrogen and oxygen atoms in total. The molecule has 12 aromatic rings. The zero-order chi connectivity index (χ0) is 93.3. The van der Waals surface area contributed by atoms with E-state index in [1.165, 1.54) is 127 Å². The third-order valence-corrected chi connectivity index (χ3v) is 15.3. The Morgan fingerprint density at radius 2 is 0.777 bits per heavy atom. The van der Waals surface area contributed by atoms with Crippen molar-refractivity contribution in [3.63, 3.8) is 0 Å². The van der Waals surface area contributed by atoms with Crippen molar-refractivity contribution in [2.75, 3.05) is 92.4 Å². The van der Waals surface area contributed by atoms with E-state index in [1.54, 1.807) is 6.20 Å². The molecular formula is C70H64FN21O11. The third kappa shape index (κ3) is 13.7. The summed E-state index contributed by atoms with van der Waals surface area (Å²) in [5.41, 5.74) is -2.53. The van der Waals surface area contributed by atoms with Crippen molar-refractivity contribution < 1.29 is 89.9 Å². The summed E-state index contributed by atoms with van der Waals surface area (Å²) < 4.78 is 230. The average Bonchev–Trinajstić information content (AvgIpc) is 0.947. The first-order valence-electron chi connectivity index (χ1n) is 42.0. The number of benzene rings is 3. The summed E-state index contributed by atoms with van der Waals surface area (Å²) in [7, 11) is 2.69. The number of carbonyl (C=O) groups is 9. The van der Waals surface area contributed by atoms with Gasteiger partial charge in [-0.05, 0) is 50.1 Å². The number of nitrogens with zero attached hydrogens (tertiary/aromatic N) is 18. The van der Waals surface area contributed by atoms with Gasteiger partial charge < -0.3 is 53.8 Å². The first-order chi connectivity index (χ1) is 59.4. The van der Waals surface area contributed by atoms with E-state index in [4.69, 9.17) is 42.4 Å². The van der Waals surface area contributed by atoms with Gasteiger partial charge in [-0.25, -0.2) is 33.4 Å². The highest BCUT2D eigenvalue weighted by atomic mass is 19.1. The van der Waals surface area contributed by atoms with Gasteiger partial charge in [0.05, 0.1) is 152 Å². The van der Waals surface area contributed by atoms with Crippen molar-refractivity contribution in [1.29, 1.82) is 0 Å². The van der Waals surface area contributed by atoms with E-state index in [9.17, 15) is 47.5 Å². The second-order valence-corrected chi connectivity index (χ2v) is 21.5. The number of aromatic amines is 3. The molecule has 3 fully saturated rings. The van der Waals surface area contributed by atoms with Crippen LogP contribution in [-0.2, 0) is 14.4 Å². The Bertz CT molecular complexity index is 6420. The predicted molar refractivity (Wildman–Crippen MR) is 365 cm³/mol. The van der Waals surface area contributed by atoms with Gasteiger partial charge in [-0.15, -0.1) is 15.3 Å². The van der Waals surface area contributed by atoms with E-state index in [0.29, 0.717) is 28.7 Å². The molecule has 0 saturated carbocycles. The Hall–Kier alpha value is -13.5. The number of fused-ring (bicyclic) bond motifs is 3. The lowest BCUT2D eigenvalue weighted by Crippen LogP contribution is -2.52. The van der Waals surface area contributed by atoms with Crippen LogP contribution in [0, 0.1) is 19.7 Å². The molecule has 3 aromatic carbocycles. The highest BCUT2D eigenvalue weighted by molar-refractivity contribution is 6.46. The lowest BCUT2D eigenvalue weighted by molar-refractivity contribution is -0.128. The number of H-pyrrole nitrogens is 3. The molecule has 9 aromatic heterocycles. The lowest BCUT2D eigenvalue weighted by Gasteiger charge is -2.34. The summed E-state index contributed by atoms with van der Waals surface area (Å²) in [4.78, 5) is 142. The van der Waals surface area contributed by atoms with Gasteiger partial charge in [-0.3, -0.25) is 43.2 Å². The Balaban J connectivity index is 0.000000164. The molecule has 522 valence electrons. The van der Waals surface area contributed by atoms with Crippen molar-refractivity contribution in [2.45, 2.75) is 13.8 Å². The van der Waals surface area contributed by atoms with E-state index in [0.717, 1.165) is 17.1 Å². The number of carbonyl (C=O) groups excluding carboxylic acids is 9. The van der Waals surface area contributed by atoms with Crippen LogP contribution in [0.15, 0.2) is 153 Å². The maximum atomic E-state index is 15.0. The summed E-state index contributed by atoms with van der Waals surface area (Å²) in [6.45, 7) is -28.1. The number of ether oxygens (including phenoxy) is 2. The second kappa shape index (κ2) is 29.5. The highest BCUT2D eigenvalue weighted by Crippen LogP contribution is 2.34. The van der Waals surface area contributed by atoms with Crippen LogP contribution in [-0.4, -0.2) is 249 Å². The molecule has 3 N–H and O–H groups in total. The van der Waals surface area contributed by atoms with Crippen LogP contribution in [0.2, 0.25) is 0 Å². The molecule has 103 heavy (non-hydrogen) atoms. The highest BCUT2D eigenvalue weighted by Gasteiger charge is 2.36. The quantitative estimate of drug-likeness (QED) is 0.0980. The third-order valence-electron chi connectivity index (χ3n) is 15.3. The van der Waals surface area contributed by atoms with Crippen molar-refractivity contribution in [1.82, 2.24) is 104 Å². The fraction of sp³-hybridized carbons (Fsp3) is 0.229. The molecule has 12 heterocycles. The summed E-state index contributed by atoms with van der Waals surface area (Å²) in [6.07, 6.45) is 15.1. The molecule has 0 bridgehead atoms. The fourth-order valence-electron chi connectivity index (χ4n) is 10.3. The van der Waals surface area contributed by atoms with Gasteiger partial charge in [0.25, 0.3) is 52.8 Å². The van der Waals surface area contributed by atoms with Crippen molar-refractivity contribution in [2.24, 2.45) is 0 Å². The van der Waals surface area contributed by atoms with Crippen LogP contribution in [0.3, 0.4) is 0 Å². The molecular weight excluding hydrogens is 1330 g/mol. The van der Waals surface area contributed by atoms with Crippen molar-refractivity contribution in [3.05, 3.63) is 203 Å². The number of methoxy groups -OCH3 is 2. The molecule has 0 atom stereocenters. The SMILES string of the molecule is [2H]C1([2H])N(C(=O)C(=O)c2c[nH]c3c(-n4ccnn4)ncc(OC)c23)C([2H])([2H])C([2H])([2H])N(C(=O)c2ccccc2)C1([2H])[2H].[2H]c1c([2H])c(C(=O)N2C([2H])([2H])C([2H])([2H])N(C(=O)C(=O)c3c[nH]c4c(-n5ccnn5)ncc(F)c34)C([2H])([2H])C2([2H])[2H])c([2H])c([2H])c1C.[2H]c1c([2H])c(C(=O)N2CCN(C(=O)C(=O)c3c[nH]c4c(-n5ccnn5)ncc(OC)c34)CC2)c([2H])c([2H])c1C. The number of piperazine rings is 3. The number of aromatic nitrogens is 15. The van der Waals surface area contributed by atoms with Crippen LogP contribution in [0.1, 0.15) is 106 Å². The molecule has 33 heteroatoms. The first-order valence-corrected chi connectivity index (χ1v) is 30.0. The van der Waals surface area contributed by atoms with E-state index in [2.05, 4.69) is 60.8 Å². The Labute approximate surface area is 617 Å². The maximum Gasteiger partial charge on any atom is 0.295 e. The number of halogens is 1. The van der Waals surface area contributed by atoms with Gasteiger partial charge in [0.2, 0.25) is 0 Å². The topological polar surface area (TPSA) is 370 Å². The van der Waals surface area contributed by atoms with Gasteiger partial charge in [0.1, 0.15) is 11.5 Å². The second-order valence-electron chi connectivity index (χ2n) is 21.5. The first kappa shape index (κ1) is 44.5. The van der Waals surface area contributed by atoms with Gasteiger partial charge in [-0.1, -0.05) is 69.1 Å². The van der Waals surface area contributed by atoms with Crippen LogP contribution in [0.25, 0.3) is 50.2 Å². The van der Waals surface area contributed by atoms with Gasteiger partial charge in [-0.2, -0.15) is 0 Å². The Morgan fingerprint density at radius 3 is 1.17 bits per heavy atom. The maximum absolute atomic E-state index is 15.0. The molecule has 0 unspecified atom stereocenters. The monoisotopic (exact) mass is 1420 g/mol. The minimum Gasteiger partial charge on any atom is -0.494 e. The predicted octanol–water partition coefficient (Wildman–Crippen LogP) is 4.71. The van der Waals surface area contributed by atoms with Gasteiger partial charge in [0.15, 0.2) is 23.3 Å². The number of nitrogens with one attached hydrogen (secondary N) is 3. The minimum absolute atomic E-state index is 0.00113. The Morgan fingerprint density at radius 1 is 0.437 bits per heavy atom. The standard InChI is InChI=1S/C24H23N7O4.C23H20FN7O3.C23H21N7O4/c1-15-3-5-16(6-4-15)23(33)29-9-11-30(12-10-29)24(34)21(32)17-13-25-20-19(17)18(35-2)14-26-22(20)31-8-7-27-28-31;1-14-2-4-15(5-3-14)22(33)29-8-10-30(11-9-29)23(34)20(32)16-12-25-19-18(16)17(24)13-26-21(19)31-7-6-27-28-31;1-34-17-14-25-21(30-8-7-26-27-30)19-18(17)16(13-24-19)20(31)23(33)29-11-9-28(10-12-29)22(32)15-5-3-2-4-6-15/h3-8,13-14,25H,9-12H2,1-2H3;2-7,12-13,25H,8-11H2,1H3;2-8,13-14,24H,9-12H2,1H3/i3D,4D,5D,6D;2D,3D,4D,5D,8D2,9D2,10D2,11D2;9D2,10D2,11D2,12D2. The largest absolute Gasteiger partial charge is 0.494 e. The van der Waals surface area contributed by atoms with Crippen molar-refractivity contribution >= 4 is 85.5 Å². The van der Waals surface area contributed by atoms with Crippen LogP contribution >= 0.6 is 0 Å². The zero-order valence-corrected chi connectivity index (χ0v) is 53.6. The number of pyridine rings is 3. The van der Waals surface area contributed by atoms with Crippen LogP contribution in [0.5, 0.6) is 11.5 Å². The van der Waals surface area contributed by atoms with Gasteiger partial charge in [0, 0.05) is 113 Å². The van der Waals surface area contributed by atoms with E-state index in [-0.39, 0.29) is 105 Å². The number of amides is 6. The minimum atomic E-state index is -4.05. The van der Waals surface area contributed by atoms with E-state index in [1.807, 2.05) is 0 Å². The van der Waals surface area contributed by atoms with Gasteiger partial charge >= 0.3 is 0 Å². The van der Waals surface area contributed by atoms with Crippen LogP contribution in [0.4, 0.5) is 4.39 Å². The molecule has 15 rings (SSSR count). The zero-order valence-electron chi connectivity index (χ0n) is 77.6. The molecule has 0 spiro atoms. The number of hydrogen-bond donors (Lipinski definition) is 3. The van der Waals surface area contributed by atoms with E-state index < -0.39 is 184 Å². The number of hydrogen-bond acceptors (Lipinski definition) is 20. The lowest BCUT2D eigenvalue weighted by atomic mass is 10.1. The smallest absolute Gasteiger partial charge is 0.295 e. The summed E-state index contributed by atoms with van der Waals surface area (Å²) >= 11 is 0. The molecule has 3 saturated heterocycles. The summed E-state index contributed by atoms with van der Waals surface area (Å²) in [6, 6.07) is 1.86. The average molecular weight is 1420 g/mol. The molecule has 3 aliphatic rings. The van der Waals surface area contributed by atoms with Crippen LogP contribution < -0.4 is 9.47 Å². The van der Waals surface area contributed by atoms with E-state index >= 15 is 0 Å². The number of rotatable bonds is 14. The number of Topliss-reactive ketones (excluding diaryl/α,β-unsaturated/α-hetero) is 3. The summed E-state index contributed by atoms with van der Waals surface area (Å²) in [5, 5.41) is 22.3. The number of ketones is 3. The summed E-state index contributed by atoms with van der Waals surface area (Å²) in [5.74, 6) is -13.3. The fourth-order valence-corrected chi connectivity index (χ4v) is 10.3. The van der Waals surface area contributed by atoms with Crippen molar-refractivity contribution in [3.8, 4) is 29.0 Å². The molecule has 6 amide bonds. The molecule has 0 aliphatic carbocycles. The molecule has 0 radical (unpaired) electrons. The molecule has 3 aliphatic heterocycles. The normalized spacial score (nSPS) is 21.1. The Kier molecular flexibility index (Phi) is 12.8.